The molecule has 0 spiro atoms. The topological polar surface area (TPSA) is 79.4 Å². The lowest BCUT2D eigenvalue weighted by Crippen LogP contribution is -2.31. The van der Waals surface area contributed by atoms with Crippen molar-refractivity contribution < 1.29 is 13.2 Å². The smallest absolute Gasteiger partial charge is 0.252 e. The number of benzene rings is 1. The van der Waals surface area contributed by atoms with Gasteiger partial charge in [-0.3, -0.25) is 9.78 Å². The molecule has 0 aliphatic heterocycles. The Morgan fingerprint density at radius 2 is 1.88 bits per heavy atom. The van der Waals surface area contributed by atoms with E-state index in [1.807, 2.05) is 25.1 Å². The summed E-state index contributed by atoms with van der Waals surface area (Å²) in [7, 11) is -3.61. The average molecular weight is 375 g/mol. The van der Waals surface area contributed by atoms with E-state index in [1.54, 1.807) is 39.1 Å². The highest BCUT2D eigenvalue weighted by molar-refractivity contribution is 7.89. The molecular weight excluding hydrogens is 350 g/mol. The number of pyridine rings is 1. The number of aryl methyl sites for hydroxylation is 1. The van der Waals surface area contributed by atoms with E-state index in [9.17, 15) is 13.2 Å². The molecule has 0 saturated carbocycles. The quantitative estimate of drug-likeness (QED) is 0.807. The van der Waals surface area contributed by atoms with Gasteiger partial charge in [-0.25, -0.2) is 8.42 Å². The fourth-order valence-electron chi connectivity index (χ4n) is 2.70. The molecule has 7 heteroatoms. The number of carbonyl (C=O) groups excluding carboxylic acids is 1. The number of aromatic nitrogens is 1. The first-order valence-electron chi connectivity index (χ1n) is 8.63. The Hall–Kier alpha value is -2.25. The first-order chi connectivity index (χ1) is 12.3. The van der Waals surface area contributed by atoms with Crippen LogP contribution < -0.4 is 5.32 Å². The molecule has 1 aromatic carbocycles. The molecule has 2 rings (SSSR count). The van der Waals surface area contributed by atoms with Crippen LogP contribution in [0.4, 0.5) is 0 Å². The zero-order chi connectivity index (χ0) is 19.3. The van der Waals surface area contributed by atoms with E-state index in [-0.39, 0.29) is 16.8 Å². The monoisotopic (exact) mass is 375 g/mol. The molecule has 0 aliphatic rings. The normalized spacial score (nSPS) is 12.8. The second-order valence-electron chi connectivity index (χ2n) is 6.02. The molecule has 1 aromatic heterocycles. The van der Waals surface area contributed by atoms with Gasteiger partial charge in [0.05, 0.1) is 16.6 Å². The highest BCUT2D eigenvalue weighted by atomic mass is 32.2. The summed E-state index contributed by atoms with van der Waals surface area (Å²) in [4.78, 5) is 17.1. The largest absolute Gasteiger partial charge is 0.344 e. The molecule has 1 atom stereocenters. The third-order valence-electron chi connectivity index (χ3n) is 4.28. The molecule has 1 heterocycles. The predicted molar refractivity (Wildman–Crippen MR) is 101 cm³/mol. The number of amides is 1. The predicted octanol–water partition coefficient (Wildman–Crippen LogP) is 2.91. The van der Waals surface area contributed by atoms with Crippen LogP contribution >= 0.6 is 0 Å². The van der Waals surface area contributed by atoms with Crippen molar-refractivity contribution in [2.24, 2.45) is 0 Å². The van der Waals surface area contributed by atoms with Crippen LogP contribution in [0, 0.1) is 6.92 Å². The molecule has 2 aromatic rings. The van der Waals surface area contributed by atoms with Crippen LogP contribution in [-0.2, 0) is 10.0 Å². The number of nitrogens with zero attached hydrogens (tertiary/aromatic N) is 2. The van der Waals surface area contributed by atoms with E-state index in [4.69, 9.17) is 0 Å². The molecule has 6 nitrogen and oxygen atoms in total. The number of hydrogen-bond donors (Lipinski definition) is 1. The zero-order valence-corrected chi connectivity index (χ0v) is 16.4. The molecule has 0 radical (unpaired) electrons. The summed E-state index contributed by atoms with van der Waals surface area (Å²) in [6, 6.07) is 9.87. The number of rotatable bonds is 7. The Labute approximate surface area is 155 Å². The minimum Gasteiger partial charge on any atom is -0.344 e. The average Bonchev–Trinajstić information content (AvgIpc) is 2.63. The van der Waals surface area contributed by atoms with Crippen molar-refractivity contribution in [3.8, 4) is 0 Å². The van der Waals surface area contributed by atoms with Crippen molar-refractivity contribution in [1.82, 2.24) is 14.6 Å². The molecule has 140 valence electrons. The maximum Gasteiger partial charge on any atom is 0.252 e. The lowest BCUT2D eigenvalue weighted by atomic mass is 10.1. The summed E-state index contributed by atoms with van der Waals surface area (Å²) in [6.07, 6.45) is 1.67. The van der Waals surface area contributed by atoms with Crippen molar-refractivity contribution >= 4 is 15.9 Å². The van der Waals surface area contributed by atoms with Crippen LogP contribution in [0.5, 0.6) is 0 Å². The molecule has 0 aliphatic carbocycles. The van der Waals surface area contributed by atoms with Gasteiger partial charge in [0.1, 0.15) is 0 Å². The molecule has 26 heavy (non-hydrogen) atoms. The van der Waals surface area contributed by atoms with Gasteiger partial charge in [0.2, 0.25) is 10.0 Å². The van der Waals surface area contributed by atoms with Gasteiger partial charge in [0.25, 0.3) is 5.91 Å². The van der Waals surface area contributed by atoms with Crippen molar-refractivity contribution in [2.75, 3.05) is 13.1 Å². The first kappa shape index (κ1) is 20.1. The Bertz CT molecular complexity index is 863. The number of carbonyl (C=O) groups is 1. The summed E-state index contributed by atoms with van der Waals surface area (Å²) in [5.74, 6) is -0.322. The molecule has 1 unspecified atom stereocenters. The van der Waals surface area contributed by atoms with Gasteiger partial charge in [-0.1, -0.05) is 26.0 Å². The van der Waals surface area contributed by atoms with Crippen LogP contribution in [0.15, 0.2) is 47.5 Å². The Morgan fingerprint density at radius 3 is 2.46 bits per heavy atom. The van der Waals surface area contributed by atoms with Crippen LogP contribution in [0.3, 0.4) is 0 Å². The maximum atomic E-state index is 12.7. The van der Waals surface area contributed by atoms with Gasteiger partial charge in [0, 0.05) is 24.8 Å². The lowest BCUT2D eigenvalue weighted by Gasteiger charge is -2.20. The van der Waals surface area contributed by atoms with Crippen LogP contribution in [0.25, 0.3) is 0 Å². The highest BCUT2D eigenvalue weighted by Crippen LogP contribution is 2.20. The van der Waals surface area contributed by atoms with Gasteiger partial charge in [-0.05, 0) is 43.7 Å². The fourth-order valence-corrected chi connectivity index (χ4v) is 4.18. The maximum absolute atomic E-state index is 12.7. The summed E-state index contributed by atoms with van der Waals surface area (Å²) < 4.78 is 26.8. The number of hydrogen-bond acceptors (Lipinski definition) is 4. The van der Waals surface area contributed by atoms with E-state index < -0.39 is 10.0 Å². The Balaban J connectivity index is 2.31. The van der Waals surface area contributed by atoms with Gasteiger partial charge >= 0.3 is 0 Å². The second kappa shape index (κ2) is 8.42. The van der Waals surface area contributed by atoms with Crippen LogP contribution in [0.2, 0.25) is 0 Å². The summed E-state index contributed by atoms with van der Waals surface area (Å²) in [5.41, 5.74) is 1.81. The van der Waals surface area contributed by atoms with Crippen molar-refractivity contribution in [2.45, 2.75) is 38.6 Å². The minimum absolute atomic E-state index is 0.127. The summed E-state index contributed by atoms with van der Waals surface area (Å²) in [5, 5.41) is 2.88. The zero-order valence-electron chi connectivity index (χ0n) is 15.6. The SMILES string of the molecule is CCN(CC)S(=O)(=O)c1ccc(C)c(C(=O)NC(C)c2ccccn2)c1. The van der Waals surface area contributed by atoms with E-state index >= 15 is 0 Å². The Kier molecular flexibility index (Phi) is 6.50. The van der Waals surface area contributed by atoms with Crippen LogP contribution in [-0.4, -0.2) is 36.7 Å². The van der Waals surface area contributed by atoms with Crippen molar-refractivity contribution in [3.05, 3.63) is 59.4 Å². The summed E-state index contributed by atoms with van der Waals surface area (Å²) in [6.45, 7) is 7.96. The fraction of sp³-hybridized carbons (Fsp3) is 0.368. The van der Waals surface area contributed by atoms with Crippen molar-refractivity contribution in [1.29, 1.82) is 0 Å². The molecule has 0 saturated heterocycles. The van der Waals surface area contributed by atoms with E-state index in [0.29, 0.717) is 24.2 Å². The third-order valence-corrected chi connectivity index (χ3v) is 6.32. The first-order valence-corrected chi connectivity index (χ1v) is 10.1. The molecule has 1 amide bonds. The molecule has 0 bridgehead atoms. The molecule has 1 N–H and O–H groups in total. The van der Waals surface area contributed by atoms with Crippen molar-refractivity contribution in [3.63, 3.8) is 0 Å². The molecular formula is C19H25N3O3S. The number of nitrogens with one attached hydrogen (secondary N) is 1. The van der Waals surface area contributed by atoms with Gasteiger partial charge in [0.15, 0.2) is 0 Å². The Morgan fingerprint density at radius 1 is 1.19 bits per heavy atom. The number of sulfonamides is 1. The molecule has 0 fully saturated rings. The van der Waals surface area contributed by atoms with Gasteiger partial charge in [-0.2, -0.15) is 4.31 Å². The minimum atomic E-state index is -3.61. The van der Waals surface area contributed by atoms with E-state index in [0.717, 1.165) is 5.69 Å². The lowest BCUT2D eigenvalue weighted by molar-refractivity contribution is 0.0938. The van der Waals surface area contributed by atoms with Crippen LogP contribution in [0.1, 0.15) is 48.4 Å². The highest BCUT2D eigenvalue weighted by Gasteiger charge is 2.24. The van der Waals surface area contributed by atoms with Gasteiger partial charge < -0.3 is 5.32 Å². The van der Waals surface area contributed by atoms with E-state index in [1.165, 1.54) is 10.4 Å². The van der Waals surface area contributed by atoms with E-state index in [2.05, 4.69) is 10.3 Å². The second-order valence-corrected chi connectivity index (χ2v) is 7.95. The summed E-state index contributed by atoms with van der Waals surface area (Å²) >= 11 is 0. The third kappa shape index (κ3) is 4.28. The standard InChI is InChI=1S/C19H25N3O3S/c1-5-22(6-2)26(24,25)16-11-10-14(3)17(13-16)19(23)21-15(4)18-9-7-8-12-20-18/h7-13,15H,5-6H2,1-4H3,(H,21,23). The van der Waals surface area contributed by atoms with Gasteiger partial charge in [-0.15, -0.1) is 0 Å².